The van der Waals surface area contributed by atoms with Crippen LogP contribution >= 0.6 is 23.2 Å². The van der Waals surface area contributed by atoms with Gasteiger partial charge < -0.3 is 10.1 Å². The average Bonchev–Trinajstić information content (AvgIpc) is 2.66. The highest BCUT2D eigenvalue weighted by molar-refractivity contribution is 6.42. The van der Waals surface area contributed by atoms with Crippen LogP contribution in [0.3, 0.4) is 0 Å². The molecule has 1 heterocycles. The topological polar surface area (TPSA) is 41.6 Å². The zero-order valence-corrected chi connectivity index (χ0v) is 17.8. The fourth-order valence-electron chi connectivity index (χ4n) is 3.07. The summed E-state index contributed by atoms with van der Waals surface area (Å²) >= 11 is 12.0. The molecule has 0 radical (unpaired) electrons. The van der Waals surface area contributed by atoms with E-state index in [1.807, 2.05) is 31.2 Å². The largest absolute Gasteiger partial charge is 0.489 e. The Morgan fingerprint density at radius 1 is 1.14 bits per heavy atom. The van der Waals surface area contributed by atoms with Crippen LogP contribution in [0.4, 0.5) is 0 Å². The van der Waals surface area contributed by atoms with Gasteiger partial charge in [-0.15, -0.1) is 0 Å². The van der Waals surface area contributed by atoms with E-state index in [1.54, 1.807) is 6.07 Å². The van der Waals surface area contributed by atoms with Gasteiger partial charge in [-0.05, 0) is 48.7 Å². The van der Waals surface area contributed by atoms with Crippen molar-refractivity contribution in [1.82, 2.24) is 10.2 Å². The van der Waals surface area contributed by atoms with Crippen LogP contribution in [-0.2, 0) is 17.9 Å². The molecule has 2 aromatic rings. The molecule has 0 aliphatic carbocycles. The number of carbonyl (C=O) groups excluding carboxylic acids is 1. The summed E-state index contributed by atoms with van der Waals surface area (Å²) in [6, 6.07) is 13.8. The molecule has 6 heteroatoms. The van der Waals surface area contributed by atoms with Crippen LogP contribution in [0, 0.1) is 5.92 Å². The number of hydrogen-bond donors (Lipinski definition) is 1. The summed E-state index contributed by atoms with van der Waals surface area (Å²) in [5, 5.41) is 4.13. The Morgan fingerprint density at radius 2 is 1.82 bits per heavy atom. The van der Waals surface area contributed by atoms with Crippen molar-refractivity contribution < 1.29 is 9.53 Å². The lowest BCUT2D eigenvalue weighted by atomic mass is 9.97. The van der Waals surface area contributed by atoms with Gasteiger partial charge in [-0.3, -0.25) is 9.69 Å². The number of rotatable bonds is 8. The number of carbonyl (C=O) groups is 1. The van der Waals surface area contributed by atoms with Crippen molar-refractivity contribution in [1.29, 1.82) is 0 Å². The highest BCUT2D eigenvalue weighted by Crippen LogP contribution is 2.24. The number of likely N-dealkylation sites (tertiary alicyclic amines) is 1. The van der Waals surface area contributed by atoms with Crippen LogP contribution in [0.1, 0.15) is 31.4 Å². The van der Waals surface area contributed by atoms with Crippen molar-refractivity contribution in [3.63, 3.8) is 0 Å². The summed E-state index contributed by atoms with van der Waals surface area (Å²) in [5.41, 5.74) is 2.18. The van der Waals surface area contributed by atoms with Gasteiger partial charge in [-0.2, -0.15) is 0 Å². The van der Waals surface area contributed by atoms with Crippen molar-refractivity contribution in [3.05, 3.63) is 63.6 Å². The molecule has 0 unspecified atom stereocenters. The second kappa shape index (κ2) is 9.64. The second-order valence-corrected chi connectivity index (χ2v) is 8.20. The number of hydrogen-bond acceptors (Lipinski definition) is 3. The Labute approximate surface area is 176 Å². The molecule has 1 N–H and O–H groups in total. The van der Waals surface area contributed by atoms with Gasteiger partial charge in [0.25, 0.3) is 0 Å². The lowest BCUT2D eigenvalue weighted by molar-refractivity contribution is -0.131. The van der Waals surface area contributed by atoms with E-state index in [2.05, 4.69) is 29.3 Å². The Kier molecular flexibility index (Phi) is 7.22. The highest BCUT2D eigenvalue weighted by atomic mass is 35.5. The van der Waals surface area contributed by atoms with Crippen LogP contribution in [0.2, 0.25) is 10.0 Å². The first kappa shape index (κ1) is 21.0. The van der Waals surface area contributed by atoms with Crippen LogP contribution in [0.15, 0.2) is 42.5 Å². The van der Waals surface area contributed by atoms with Crippen molar-refractivity contribution in [2.75, 3.05) is 13.1 Å². The Hall–Kier alpha value is -1.75. The van der Waals surface area contributed by atoms with Gasteiger partial charge >= 0.3 is 0 Å². The van der Waals surface area contributed by atoms with Crippen molar-refractivity contribution >= 4 is 29.1 Å². The quantitative estimate of drug-likeness (QED) is 0.658. The maximum absolute atomic E-state index is 12.1. The molecule has 0 saturated carbocycles. The van der Waals surface area contributed by atoms with Crippen LogP contribution in [-0.4, -0.2) is 29.9 Å². The predicted octanol–water partition coefficient (Wildman–Crippen LogP) is 4.92. The van der Waals surface area contributed by atoms with E-state index in [-0.39, 0.29) is 17.9 Å². The molecule has 1 fully saturated rings. The SMILES string of the molecule is CC[C@@H](C)NC(=O)C1CN(Cc2ccc(OCc3ccc(Cl)c(Cl)c3)cc2)C1. The minimum Gasteiger partial charge on any atom is -0.489 e. The highest BCUT2D eigenvalue weighted by Gasteiger charge is 2.32. The molecule has 0 aromatic heterocycles. The molecule has 1 aliphatic heterocycles. The van der Waals surface area contributed by atoms with E-state index in [9.17, 15) is 4.79 Å². The molecule has 1 saturated heterocycles. The lowest BCUT2D eigenvalue weighted by Gasteiger charge is -2.38. The van der Waals surface area contributed by atoms with E-state index >= 15 is 0 Å². The van der Waals surface area contributed by atoms with E-state index in [4.69, 9.17) is 27.9 Å². The van der Waals surface area contributed by atoms with Gasteiger partial charge in [0.1, 0.15) is 12.4 Å². The van der Waals surface area contributed by atoms with Crippen LogP contribution < -0.4 is 10.1 Å². The minimum absolute atomic E-state index is 0.114. The summed E-state index contributed by atoms with van der Waals surface area (Å²) in [5.74, 6) is 1.10. The zero-order chi connectivity index (χ0) is 20.1. The minimum atomic E-state index is 0.114. The molecule has 2 aromatic carbocycles. The summed E-state index contributed by atoms with van der Waals surface area (Å²) in [6.07, 6.45) is 0.960. The molecule has 0 bridgehead atoms. The Balaban J connectivity index is 1.43. The lowest BCUT2D eigenvalue weighted by Crippen LogP contribution is -2.54. The number of benzene rings is 2. The number of halogens is 2. The number of nitrogens with one attached hydrogen (secondary N) is 1. The third-order valence-corrected chi connectivity index (χ3v) is 5.79. The van der Waals surface area contributed by atoms with Crippen LogP contribution in [0.25, 0.3) is 0 Å². The van der Waals surface area contributed by atoms with Crippen molar-refractivity contribution in [2.45, 2.75) is 39.5 Å². The van der Waals surface area contributed by atoms with Gasteiger partial charge in [-0.25, -0.2) is 0 Å². The summed E-state index contributed by atoms with van der Waals surface area (Å²) in [4.78, 5) is 14.4. The molecule has 3 rings (SSSR count). The van der Waals surface area contributed by atoms with Gasteiger partial charge in [0, 0.05) is 25.7 Å². The van der Waals surface area contributed by atoms with E-state index < -0.39 is 0 Å². The third kappa shape index (κ3) is 5.63. The standard InChI is InChI=1S/C22H26Cl2N2O2/c1-3-15(2)25-22(27)18-12-26(13-18)11-16-4-7-19(8-5-16)28-14-17-6-9-20(23)21(24)10-17/h4-10,15,18H,3,11-14H2,1-2H3,(H,25,27)/t15-/m1/s1. The van der Waals surface area contributed by atoms with Gasteiger partial charge in [0.2, 0.25) is 5.91 Å². The molecule has 150 valence electrons. The predicted molar refractivity (Wildman–Crippen MR) is 114 cm³/mol. The number of ether oxygens (including phenoxy) is 1. The maximum Gasteiger partial charge on any atom is 0.225 e. The van der Waals surface area contributed by atoms with E-state index in [0.717, 1.165) is 37.4 Å². The molecule has 28 heavy (non-hydrogen) atoms. The van der Waals surface area contributed by atoms with Crippen molar-refractivity contribution in [2.24, 2.45) is 5.92 Å². The normalized spacial score (nSPS) is 15.7. The summed E-state index contributed by atoms with van der Waals surface area (Å²) in [6.45, 7) is 7.04. The van der Waals surface area contributed by atoms with Crippen molar-refractivity contribution in [3.8, 4) is 5.75 Å². The van der Waals surface area contributed by atoms with E-state index in [1.165, 1.54) is 5.56 Å². The van der Waals surface area contributed by atoms with E-state index in [0.29, 0.717) is 16.7 Å². The summed E-state index contributed by atoms with van der Waals surface area (Å²) < 4.78 is 5.82. The van der Waals surface area contributed by atoms with Gasteiger partial charge in [0.15, 0.2) is 0 Å². The van der Waals surface area contributed by atoms with Gasteiger partial charge in [-0.1, -0.05) is 48.3 Å². The average molecular weight is 421 g/mol. The first-order chi connectivity index (χ1) is 13.4. The molecular formula is C22H26Cl2N2O2. The Bertz CT molecular complexity index is 805. The molecular weight excluding hydrogens is 395 g/mol. The smallest absolute Gasteiger partial charge is 0.225 e. The fraction of sp³-hybridized carbons (Fsp3) is 0.409. The first-order valence-electron chi connectivity index (χ1n) is 9.63. The fourth-order valence-corrected chi connectivity index (χ4v) is 3.39. The Morgan fingerprint density at radius 3 is 2.46 bits per heavy atom. The molecule has 1 atom stereocenters. The molecule has 1 aliphatic rings. The second-order valence-electron chi connectivity index (χ2n) is 7.39. The number of nitrogens with zero attached hydrogens (tertiary/aromatic N) is 1. The number of amides is 1. The maximum atomic E-state index is 12.1. The first-order valence-corrected chi connectivity index (χ1v) is 10.4. The zero-order valence-electron chi connectivity index (χ0n) is 16.3. The molecule has 4 nitrogen and oxygen atoms in total. The van der Waals surface area contributed by atoms with Gasteiger partial charge in [0.05, 0.1) is 16.0 Å². The molecule has 1 amide bonds. The summed E-state index contributed by atoms with van der Waals surface area (Å²) in [7, 11) is 0. The van der Waals surface area contributed by atoms with Crippen LogP contribution in [0.5, 0.6) is 5.75 Å². The monoisotopic (exact) mass is 420 g/mol. The third-order valence-electron chi connectivity index (χ3n) is 5.05. The molecule has 0 spiro atoms.